The highest BCUT2D eigenvalue weighted by Gasteiger charge is 2.36. The predicted molar refractivity (Wildman–Crippen MR) is 170 cm³/mol. The van der Waals surface area contributed by atoms with Crippen LogP contribution < -0.4 is 0 Å². The molecule has 4 heterocycles. The minimum atomic E-state index is -0.642. The Morgan fingerprint density at radius 1 is 1.02 bits per heavy atom. The van der Waals surface area contributed by atoms with Crippen molar-refractivity contribution in [1.29, 1.82) is 0 Å². The smallest absolute Gasteiger partial charge is 0.410 e. The lowest BCUT2D eigenvalue weighted by Gasteiger charge is -2.27. The number of amides is 1. The van der Waals surface area contributed by atoms with Gasteiger partial charge in [-0.1, -0.05) is 35.9 Å². The largest absolute Gasteiger partial charge is 0.502 e. The third-order valence-corrected chi connectivity index (χ3v) is 8.70. The molecule has 13 heteroatoms. The number of aromatic amines is 2. The normalized spacial score (nSPS) is 18.9. The Bertz CT molecular complexity index is 1740. The molecule has 0 saturated carbocycles. The van der Waals surface area contributed by atoms with E-state index in [4.69, 9.17) is 16.3 Å². The summed E-state index contributed by atoms with van der Waals surface area (Å²) in [4.78, 5) is 44.0. The summed E-state index contributed by atoms with van der Waals surface area (Å²) in [6.07, 6.45) is 6.46. The summed E-state index contributed by atoms with van der Waals surface area (Å²) in [6.45, 7) is 6.98. The van der Waals surface area contributed by atoms with Gasteiger partial charge in [-0.15, -0.1) is 0 Å². The highest BCUT2D eigenvalue weighted by atomic mass is 35.5. The fourth-order valence-electron chi connectivity index (χ4n) is 6.24. The molecule has 1 amide bonds. The first-order valence-electron chi connectivity index (χ1n) is 15.0. The van der Waals surface area contributed by atoms with Gasteiger partial charge in [0.15, 0.2) is 0 Å². The molecule has 0 radical (unpaired) electrons. The van der Waals surface area contributed by atoms with E-state index >= 15 is 0 Å². The summed E-state index contributed by atoms with van der Waals surface area (Å²) >= 11 is 6.70. The van der Waals surface area contributed by atoms with Crippen molar-refractivity contribution in [2.24, 2.45) is 0 Å². The Hall–Kier alpha value is -4.42. The molecular weight excluding hydrogens is 598 g/mol. The minimum absolute atomic E-state index is 0.0998. The zero-order valence-corrected chi connectivity index (χ0v) is 26.4. The molecule has 2 atom stereocenters. The van der Waals surface area contributed by atoms with Crippen molar-refractivity contribution in [1.82, 2.24) is 29.7 Å². The van der Waals surface area contributed by atoms with Crippen LogP contribution in [-0.4, -0.2) is 71.6 Å². The maximum Gasteiger partial charge on any atom is 0.410 e. The van der Waals surface area contributed by atoms with E-state index in [9.17, 15) is 20.0 Å². The van der Waals surface area contributed by atoms with Gasteiger partial charge in [-0.3, -0.25) is 19.9 Å². The summed E-state index contributed by atoms with van der Waals surface area (Å²) in [7, 11) is 2.09. The number of nitrogens with zero attached hydrogens (tertiary/aromatic N) is 5. The lowest BCUT2D eigenvalue weighted by molar-refractivity contribution is -0.385. The van der Waals surface area contributed by atoms with Crippen LogP contribution in [0.15, 0.2) is 42.7 Å². The molecule has 0 bridgehead atoms. The summed E-state index contributed by atoms with van der Waals surface area (Å²) in [6, 6.07) is 8.56. The van der Waals surface area contributed by atoms with Crippen molar-refractivity contribution in [3.05, 3.63) is 69.5 Å². The molecule has 2 fully saturated rings. The van der Waals surface area contributed by atoms with E-state index in [0.717, 1.165) is 42.9 Å². The quantitative estimate of drug-likeness (QED) is 0.148. The van der Waals surface area contributed by atoms with E-state index in [0.29, 0.717) is 30.0 Å². The number of benzene rings is 2. The molecular formula is C32H36ClN7O5. The van der Waals surface area contributed by atoms with Crippen LogP contribution in [0.5, 0.6) is 5.75 Å². The monoisotopic (exact) mass is 633 g/mol. The predicted octanol–water partition coefficient (Wildman–Crippen LogP) is 7.24. The van der Waals surface area contributed by atoms with E-state index in [1.165, 1.54) is 12.3 Å². The van der Waals surface area contributed by atoms with E-state index in [1.54, 1.807) is 23.2 Å². The number of H-pyrrole nitrogens is 2. The van der Waals surface area contributed by atoms with Crippen LogP contribution in [-0.2, 0) is 4.74 Å². The number of likely N-dealkylation sites (tertiary alicyclic amines) is 2. The van der Waals surface area contributed by atoms with Gasteiger partial charge in [0.05, 0.1) is 56.9 Å². The Labute approximate surface area is 265 Å². The lowest BCUT2D eigenvalue weighted by Crippen LogP contribution is -2.36. The number of rotatable bonds is 6. The van der Waals surface area contributed by atoms with Gasteiger partial charge >= 0.3 is 11.8 Å². The highest BCUT2D eigenvalue weighted by Crippen LogP contribution is 2.48. The molecule has 2 aromatic heterocycles. The zero-order valence-electron chi connectivity index (χ0n) is 25.6. The third kappa shape index (κ3) is 5.99. The summed E-state index contributed by atoms with van der Waals surface area (Å²) in [5.74, 6) is 0.876. The van der Waals surface area contributed by atoms with Gasteiger partial charge in [-0.2, -0.15) is 0 Å². The average molecular weight is 634 g/mol. The Balaban J connectivity index is 1.28. The second-order valence-corrected chi connectivity index (χ2v) is 13.1. The number of phenolic OH excluding ortho intramolecular Hbond substituents is 1. The number of imidazole rings is 2. The zero-order chi connectivity index (χ0) is 32.0. The van der Waals surface area contributed by atoms with E-state index in [-0.39, 0.29) is 28.2 Å². The van der Waals surface area contributed by atoms with Crippen LogP contribution in [0.2, 0.25) is 5.02 Å². The van der Waals surface area contributed by atoms with E-state index in [1.807, 2.05) is 32.9 Å². The second kappa shape index (κ2) is 11.8. The van der Waals surface area contributed by atoms with Gasteiger partial charge in [0.2, 0.25) is 5.75 Å². The van der Waals surface area contributed by atoms with Gasteiger partial charge < -0.3 is 19.8 Å². The van der Waals surface area contributed by atoms with E-state index in [2.05, 4.69) is 31.9 Å². The van der Waals surface area contributed by atoms with Crippen molar-refractivity contribution in [3.8, 4) is 39.4 Å². The lowest BCUT2D eigenvalue weighted by atomic mass is 9.98. The molecule has 2 aromatic carbocycles. The van der Waals surface area contributed by atoms with Gasteiger partial charge in [0, 0.05) is 6.54 Å². The highest BCUT2D eigenvalue weighted by molar-refractivity contribution is 6.34. The number of carbonyl (C=O) groups excluding carboxylic acids is 1. The second-order valence-electron chi connectivity index (χ2n) is 12.6. The summed E-state index contributed by atoms with van der Waals surface area (Å²) in [5.41, 5.74) is 1.63. The number of aromatic hydroxyl groups is 1. The summed E-state index contributed by atoms with van der Waals surface area (Å²) in [5, 5.41) is 23.7. The van der Waals surface area contributed by atoms with Crippen molar-refractivity contribution < 1.29 is 19.6 Å². The molecule has 2 saturated heterocycles. The number of nitrogens with one attached hydrogen (secondary N) is 2. The Morgan fingerprint density at radius 3 is 2.27 bits per heavy atom. The maximum absolute atomic E-state index is 12.8. The van der Waals surface area contributed by atoms with E-state index < -0.39 is 28.1 Å². The van der Waals surface area contributed by atoms with Gasteiger partial charge in [0.25, 0.3) is 0 Å². The molecule has 2 aliphatic heterocycles. The first-order chi connectivity index (χ1) is 21.4. The molecule has 0 unspecified atom stereocenters. The molecule has 6 rings (SSSR count). The van der Waals surface area contributed by atoms with Crippen LogP contribution in [0.3, 0.4) is 0 Å². The van der Waals surface area contributed by atoms with Gasteiger partial charge in [0.1, 0.15) is 17.2 Å². The molecule has 12 nitrogen and oxygen atoms in total. The van der Waals surface area contributed by atoms with Crippen molar-refractivity contribution in [2.45, 2.75) is 64.1 Å². The number of aromatic nitrogens is 4. The van der Waals surface area contributed by atoms with Gasteiger partial charge in [-0.05, 0) is 77.2 Å². The maximum atomic E-state index is 12.8. The molecule has 0 spiro atoms. The van der Waals surface area contributed by atoms with Crippen LogP contribution in [0.1, 0.15) is 70.2 Å². The number of halogens is 1. The van der Waals surface area contributed by atoms with Crippen LogP contribution in [0, 0.1) is 10.1 Å². The third-order valence-electron chi connectivity index (χ3n) is 8.41. The van der Waals surface area contributed by atoms with Gasteiger partial charge in [-0.25, -0.2) is 14.8 Å². The fraction of sp³-hybridized carbons (Fsp3) is 0.406. The number of carbonyl (C=O) groups is 1. The number of phenols is 1. The van der Waals surface area contributed by atoms with Crippen molar-refractivity contribution in [2.75, 3.05) is 20.1 Å². The number of hydrogen-bond donors (Lipinski definition) is 3. The van der Waals surface area contributed by atoms with Crippen molar-refractivity contribution >= 4 is 23.4 Å². The molecule has 0 aliphatic carbocycles. The average Bonchev–Trinajstić information content (AvgIpc) is 3.79. The molecule has 2 aliphatic rings. The molecule has 236 valence electrons. The molecule has 4 aromatic rings. The SMILES string of the molecule is CN1CCC[C@H]1c1ncc(-c2ccc(-c3c(Cl)cc(-c4cnc([C@@H]5CCCN5C(=O)OC(C)(C)C)[nH]4)c(O)c3[N+](=O)[O-])cc2)[nH]1. The minimum Gasteiger partial charge on any atom is -0.502 e. The standard InChI is InChI=1S/C32H36ClN7O5/c1-32(2,3)45-31(42)39-14-6-8-25(39)30-35-17-23(37-30)20-15-21(33)26(27(28(20)41)40(43)44)19-11-9-18(10-12-19)22-16-34-29(36-22)24-7-5-13-38(24)4/h9-12,15-17,24-25,41H,5-8,13-14H2,1-4H3,(H,34,36)(H,35,37)/t24-,25-/m0/s1. The van der Waals surface area contributed by atoms with Crippen LogP contribution >= 0.6 is 11.6 Å². The fourth-order valence-corrected chi connectivity index (χ4v) is 6.55. The Morgan fingerprint density at radius 2 is 1.62 bits per heavy atom. The Kier molecular flexibility index (Phi) is 8.04. The first-order valence-corrected chi connectivity index (χ1v) is 15.4. The number of hydrogen-bond acceptors (Lipinski definition) is 8. The first kappa shape index (κ1) is 30.6. The number of ether oxygens (including phenoxy) is 1. The van der Waals surface area contributed by atoms with Crippen LogP contribution in [0.4, 0.5) is 10.5 Å². The number of nitro benzene ring substituents is 1. The topological polar surface area (TPSA) is 154 Å². The molecule has 3 N–H and O–H groups in total. The summed E-state index contributed by atoms with van der Waals surface area (Å²) < 4.78 is 5.56. The van der Waals surface area contributed by atoms with Crippen LogP contribution in [0.25, 0.3) is 33.6 Å². The number of nitro groups is 1. The van der Waals surface area contributed by atoms with Crippen molar-refractivity contribution in [3.63, 3.8) is 0 Å². The molecule has 45 heavy (non-hydrogen) atoms.